The Kier molecular flexibility index (Phi) is 5.64. The molecular formula is C24H27ClN2O2. The lowest BCUT2D eigenvalue weighted by atomic mass is 9.77. The van der Waals surface area contributed by atoms with E-state index in [2.05, 4.69) is 5.32 Å². The Morgan fingerprint density at radius 3 is 2.41 bits per heavy atom. The summed E-state index contributed by atoms with van der Waals surface area (Å²) in [6.07, 6.45) is 5.97. The molecule has 29 heavy (non-hydrogen) atoms. The predicted molar refractivity (Wildman–Crippen MR) is 115 cm³/mol. The van der Waals surface area contributed by atoms with Gasteiger partial charge in [-0.2, -0.15) is 0 Å². The zero-order valence-corrected chi connectivity index (χ0v) is 17.5. The second kappa shape index (κ2) is 8.19. The summed E-state index contributed by atoms with van der Waals surface area (Å²) in [5, 5.41) is 3.67. The molecule has 152 valence electrons. The van der Waals surface area contributed by atoms with Crippen molar-refractivity contribution >= 4 is 23.4 Å². The number of benzene rings is 2. The summed E-state index contributed by atoms with van der Waals surface area (Å²) < 4.78 is 0. The van der Waals surface area contributed by atoms with Gasteiger partial charge in [-0.05, 0) is 61.1 Å². The number of amides is 2. The lowest BCUT2D eigenvalue weighted by Crippen LogP contribution is -2.43. The van der Waals surface area contributed by atoms with Crippen molar-refractivity contribution in [2.24, 2.45) is 0 Å². The average Bonchev–Trinajstić information content (AvgIpc) is 3.39. The van der Waals surface area contributed by atoms with Gasteiger partial charge in [0.25, 0.3) is 5.91 Å². The van der Waals surface area contributed by atoms with Gasteiger partial charge in [-0.1, -0.05) is 48.7 Å². The molecule has 2 aliphatic carbocycles. The fraction of sp³-hybridized carbons (Fsp3) is 0.417. The smallest absolute Gasteiger partial charge is 0.251 e. The van der Waals surface area contributed by atoms with E-state index in [9.17, 15) is 9.59 Å². The van der Waals surface area contributed by atoms with Crippen molar-refractivity contribution in [3.8, 4) is 0 Å². The molecule has 0 aromatic heterocycles. The highest BCUT2D eigenvalue weighted by molar-refractivity contribution is 6.30. The second-order valence-corrected chi connectivity index (χ2v) is 8.84. The van der Waals surface area contributed by atoms with Crippen LogP contribution in [0.5, 0.6) is 0 Å². The maximum absolute atomic E-state index is 13.5. The predicted octanol–water partition coefficient (Wildman–Crippen LogP) is 4.70. The number of carbonyl (C=O) groups is 2. The Labute approximate surface area is 177 Å². The lowest BCUT2D eigenvalue weighted by Gasteiger charge is -2.33. The molecule has 2 fully saturated rings. The number of nitrogens with zero attached hydrogens (tertiary/aromatic N) is 1. The van der Waals surface area contributed by atoms with Crippen LogP contribution in [-0.2, 0) is 16.8 Å². The first kappa shape index (κ1) is 20.0. The van der Waals surface area contributed by atoms with E-state index in [-0.39, 0.29) is 11.8 Å². The third kappa shape index (κ3) is 4.32. The van der Waals surface area contributed by atoms with Crippen LogP contribution >= 0.6 is 11.6 Å². The van der Waals surface area contributed by atoms with E-state index in [1.54, 1.807) is 0 Å². The maximum atomic E-state index is 13.5. The minimum atomic E-state index is -0.482. The maximum Gasteiger partial charge on any atom is 0.251 e. The van der Waals surface area contributed by atoms with Gasteiger partial charge in [0.1, 0.15) is 0 Å². The standard InChI is InChI=1S/C24H27ClN2O2/c1-27(16-17-7-9-18(10-8-17)22(28)26-21-11-12-21)23(29)24(13-2-3-14-24)19-5-4-6-20(25)15-19/h4-10,15,21H,2-3,11-14,16H2,1H3,(H,26,28). The van der Waals surface area contributed by atoms with Crippen molar-refractivity contribution in [2.45, 2.75) is 56.5 Å². The molecule has 0 aliphatic heterocycles. The fourth-order valence-corrected chi connectivity index (χ4v) is 4.55. The number of hydrogen-bond acceptors (Lipinski definition) is 2. The number of likely N-dealkylation sites (N-methyl/N-ethyl adjacent to an activating group) is 1. The Morgan fingerprint density at radius 2 is 1.79 bits per heavy atom. The van der Waals surface area contributed by atoms with Crippen molar-refractivity contribution in [3.05, 3.63) is 70.2 Å². The quantitative estimate of drug-likeness (QED) is 0.750. The summed E-state index contributed by atoms with van der Waals surface area (Å²) in [7, 11) is 1.86. The molecule has 0 radical (unpaired) electrons. The van der Waals surface area contributed by atoms with Gasteiger partial charge in [-0.15, -0.1) is 0 Å². The van der Waals surface area contributed by atoms with E-state index < -0.39 is 5.41 Å². The van der Waals surface area contributed by atoms with Crippen LogP contribution in [0.2, 0.25) is 5.02 Å². The first-order chi connectivity index (χ1) is 14.0. The monoisotopic (exact) mass is 410 g/mol. The van der Waals surface area contributed by atoms with Crippen LogP contribution in [0.15, 0.2) is 48.5 Å². The first-order valence-electron chi connectivity index (χ1n) is 10.4. The topological polar surface area (TPSA) is 49.4 Å². The largest absolute Gasteiger partial charge is 0.349 e. The van der Waals surface area contributed by atoms with E-state index in [0.29, 0.717) is 23.2 Å². The van der Waals surface area contributed by atoms with Crippen molar-refractivity contribution < 1.29 is 9.59 Å². The van der Waals surface area contributed by atoms with E-state index in [4.69, 9.17) is 11.6 Å². The normalized spacial score (nSPS) is 17.7. The van der Waals surface area contributed by atoms with Gasteiger partial charge in [0, 0.05) is 30.2 Å². The molecule has 2 aromatic carbocycles. The lowest BCUT2D eigenvalue weighted by molar-refractivity contribution is -0.136. The summed E-state index contributed by atoms with van der Waals surface area (Å²) in [6.45, 7) is 0.520. The molecule has 2 aliphatic rings. The van der Waals surface area contributed by atoms with Crippen LogP contribution < -0.4 is 5.32 Å². The van der Waals surface area contributed by atoms with Gasteiger partial charge in [0.15, 0.2) is 0 Å². The number of hydrogen-bond donors (Lipinski definition) is 1. The number of halogens is 1. The zero-order valence-electron chi connectivity index (χ0n) is 16.8. The first-order valence-corrected chi connectivity index (χ1v) is 10.8. The van der Waals surface area contributed by atoms with Crippen LogP contribution in [0, 0.1) is 0 Å². The molecule has 4 nitrogen and oxygen atoms in total. The van der Waals surface area contributed by atoms with Crippen LogP contribution in [0.25, 0.3) is 0 Å². The van der Waals surface area contributed by atoms with Crippen LogP contribution in [0.4, 0.5) is 0 Å². The molecule has 2 saturated carbocycles. The molecule has 1 N–H and O–H groups in total. The van der Waals surface area contributed by atoms with Crippen molar-refractivity contribution in [1.29, 1.82) is 0 Å². The van der Waals surface area contributed by atoms with E-state index in [0.717, 1.165) is 49.7 Å². The van der Waals surface area contributed by atoms with Gasteiger partial charge in [0.2, 0.25) is 5.91 Å². The Bertz CT molecular complexity index is 899. The van der Waals surface area contributed by atoms with Crippen LogP contribution in [0.1, 0.15) is 60.0 Å². The van der Waals surface area contributed by atoms with Gasteiger partial charge < -0.3 is 10.2 Å². The molecule has 0 spiro atoms. The molecule has 0 bridgehead atoms. The van der Waals surface area contributed by atoms with Crippen molar-refractivity contribution in [1.82, 2.24) is 10.2 Å². The Morgan fingerprint density at radius 1 is 1.10 bits per heavy atom. The molecular weight excluding hydrogens is 384 g/mol. The van der Waals surface area contributed by atoms with Gasteiger partial charge in [-0.25, -0.2) is 0 Å². The molecule has 2 aromatic rings. The average molecular weight is 411 g/mol. The molecule has 0 atom stereocenters. The van der Waals surface area contributed by atoms with Gasteiger partial charge >= 0.3 is 0 Å². The van der Waals surface area contributed by atoms with Crippen molar-refractivity contribution in [3.63, 3.8) is 0 Å². The van der Waals surface area contributed by atoms with E-state index >= 15 is 0 Å². The van der Waals surface area contributed by atoms with Gasteiger partial charge in [-0.3, -0.25) is 9.59 Å². The molecule has 0 heterocycles. The van der Waals surface area contributed by atoms with E-state index in [1.807, 2.05) is 60.5 Å². The van der Waals surface area contributed by atoms with Crippen molar-refractivity contribution in [2.75, 3.05) is 7.05 Å². The minimum Gasteiger partial charge on any atom is -0.349 e. The third-order valence-electron chi connectivity index (χ3n) is 6.14. The van der Waals surface area contributed by atoms with Gasteiger partial charge in [0.05, 0.1) is 5.41 Å². The summed E-state index contributed by atoms with van der Waals surface area (Å²) in [5.74, 6) is 0.127. The zero-order chi connectivity index (χ0) is 20.4. The molecule has 0 unspecified atom stereocenters. The second-order valence-electron chi connectivity index (χ2n) is 8.41. The molecule has 4 rings (SSSR count). The highest BCUT2D eigenvalue weighted by Gasteiger charge is 2.44. The number of carbonyl (C=O) groups excluding carboxylic acids is 2. The molecule has 0 saturated heterocycles. The molecule has 5 heteroatoms. The summed E-state index contributed by atoms with van der Waals surface area (Å²) in [6, 6.07) is 15.6. The Balaban J connectivity index is 1.47. The summed E-state index contributed by atoms with van der Waals surface area (Å²) >= 11 is 6.22. The summed E-state index contributed by atoms with van der Waals surface area (Å²) in [4.78, 5) is 27.5. The SMILES string of the molecule is CN(Cc1ccc(C(=O)NC2CC2)cc1)C(=O)C1(c2cccc(Cl)c2)CCCC1. The Hall–Kier alpha value is -2.33. The highest BCUT2D eigenvalue weighted by atomic mass is 35.5. The third-order valence-corrected chi connectivity index (χ3v) is 6.37. The minimum absolute atomic E-state index is 0.0191. The number of rotatable bonds is 6. The van der Waals surface area contributed by atoms with Crippen LogP contribution in [0.3, 0.4) is 0 Å². The molecule has 2 amide bonds. The highest BCUT2D eigenvalue weighted by Crippen LogP contribution is 2.43. The summed E-state index contributed by atoms with van der Waals surface area (Å²) in [5.41, 5.74) is 2.22. The van der Waals surface area contributed by atoms with Crippen LogP contribution in [-0.4, -0.2) is 29.8 Å². The number of nitrogens with one attached hydrogen (secondary N) is 1. The van der Waals surface area contributed by atoms with E-state index in [1.165, 1.54) is 0 Å². The fourth-order valence-electron chi connectivity index (χ4n) is 4.36.